The van der Waals surface area contributed by atoms with Crippen molar-refractivity contribution >= 4 is 5.91 Å². The fourth-order valence-electron chi connectivity index (χ4n) is 0.475. The van der Waals surface area contributed by atoms with E-state index < -0.39 is 18.1 Å². The second-order valence-electron chi connectivity index (χ2n) is 2.22. The van der Waals surface area contributed by atoms with E-state index in [-0.39, 0.29) is 13.2 Å². The Morgan fingerprint density at radius 2 is 2.09 bits per heavy atom. The molecule has 0 aromatic heterocycles. The van der Waals surface area contributed by atoms with Gasteiger partial charge in [0.15, 0.2) is 6.29 Å². The molecular formula is C6H13NO4. The van der Waals surface area contributed by atoms with Crippen LogP contribution in [0.15, 0.2) is 0 Å². The van der Waals surface area contributed by atoms with Crippen molar-refractivity contribution in [3.8, 4) is 0 Å². The van der Waals surface area contributed by atoms with Crippen molar-refractivity contribution in [2.75, 3.05) is 13.2 Å². The Hall–Kier alpha value is -0.650. The topological polar surface area (TPSA) is 89.8 Å². The SMILES string of the molecule is CC(C(=O)NCCO)C(O)O. The first-order chi connectivity index (χ1) is 5.09. The molecule has 0 radical (unpaired) electrons. The molecule has 0 aliphatic rings. The van der Waals surface area contributed by atoms with Crippen LogP contribution in [0.1, 0.15) is 6.92 Å². The molecule has 4 N–H and O–H groups in total. The predicted octanol–water partition coefficient (Wildman–Crippen LogP) is -1.96. The molecule has 0 bridgehead atoms. The first-order valence-corrected chi connectivity index (χ1v) is 3.34. The molecule has 5 nitrogen and oxygen atoms in total. The van der Waals surface area contributed by atoms with Gasteiger partial charge < -0.3 is 20.6 Å². The zero-order valence-corrected chi connectivity index (χ0v) is 6.32. The monoisotopic (exact) mass is 163 g/mol. The number of amides is 1. The number of carbonyl (C=O) groups excluding carboxylic acids is 1. The predicted molar refractivity (Wildman–Crippen MR) is 37.5 cm³/mol. The number of rotatable bonds is 4. The van der Waals surface area contributed by atoms with Crippen molar-refractivity contribution in [2.24, 2.45) is 5.92 Å². The summed E-state index contributed by atoms with van der Waals surface area (Å²) in [6.45, 7) is 1.37. The molecule has 0 aromatic rings. The summed E-state index contributed by atoms with van der Waals surface area (Å²) in [6.07, 6.45) is -1.64. The van der Waals surface area contributed by atoms with Crippen LogP contribution in [0, 0.1) is 5.92 Å². The quantitative estimate of drug-likeness (QED) is 0.362. The van der Waals surface area contributed by atoms with Gasteiger partial charge in [0.05, 0.1) is 12.5 Å². The maximum Gasteiger partial charge on any atom is 0.228 e. The Bertz CT molecular complexity index is 126. The molecule has 1 amide bonds. The van der Waals surface area contributed by atoms with Crippen molar-refractivity contribution in [3.63, 3.8) is 0 Å². The van der Waals surface area contributed by atoms with E-state index in [1.807, 2.05) is 0 Å². The van der Waals surface area contributed by atoms with E-state index in [2.05, 4.69) is 5.32 Å². The van der Waals surface area contributed by atoms with Crippen molar-refractivity contribution in [1.29, 1.82) is 0 Å². The fourth-order valence-corrected chi connectivity index (χ4v) is 0.475. The van der Waals surface area contributed by atoms with Crippen LogP contribution < -0.4 is 5.32 Å². The van der Waals surface area contributed by atoms with Gasteiger partial charge in [-0.2, -0.15) is 0 Å². The lowest BCUT2D eigenvalue weighted by molar-refractivity contribution is -0.140. The standard InChI is InChI=1S/C6H13NO4/c1-4(6(10)11)5(9)7-2-3-8/h4,6,8,10-11H,2-3H2,1H3,(H,7,9). The Labute approximate surface area is 64.7 Å². The van der Waals surface area contributed by atoms with E-state index >= 15 is 0 Å². The van der Waals surface area contributed by atoms with E-state index in [1.165, 1.54) is 6.92 Å². The number of nitrogens with one attached hydrogen (secondary N) is 1. The molecule has 0 saturated carbocycles. The van der Waals surface area contributed by atoms with Gasteiger partial charge in [0.2, 0.25) is 5.91 Å². The number of aliphatic hydroxyl groups is 3. The molecule has 5 heteroatoms. The lowest BCUT2D eigenvalue weighted by Gasteiger charge is -2.12. The number of hydrogen-bond donors (Lipinski definition) is 4. The minimum atomic E-state index is -1.64. The summed E-state index contributed by atoms with van der Waals surface area (Å²) in [4.78, 5) is 10.8. The summed E-state index contributed by atoms with van der Waals surface area (Å²) < 4.78 is 0. The van der Waals surface area contributed by atoms with Crippen LogP contribution in [0.2, 0.25) is 0 Å². The van der Waals surface area contributed by atoms with Gasteiger partial charge in [0, 0.05) is 6.54 Å². The smallest absolute Gasteiger partial charge is 0.228 e. The van der Waals surface area contributed by atoms with E-state index in [4.69, 9.17) is 15.3 Å². The molecule has 0 rings (SSSR count). The van der Waals surface area contributed by atoms with Gasteiger partial charge >= 0.3 is 0 Å². The number of aliphatic hydroxyl groups excluding tert-OH is 2. The summed E-state index contributed by atoms with van der Waals surface area (Å²) in [5.74, 6) is -1.34. The van der Waals surface area contributed by atoms with Crippen molar-refractivity contribution in [2.45, 2.75) is 13.2 Å². The molecule has 66 valence electrons. The largest absolute Gasteiger partial charge is 0.395 e. The highest BCUT2D eigenvalue weighted by atomic mass is 16.5. The fraction of sp³-hybridized carbons (Fsp3) is 0.833. The molecule has 0 fully saturated rings. The molecule has 0 aliphatic carbocycles. The van der Waals surface area contributed by atoms with E-state index in [0.717, 1.165) is 0 Å². The lowest BCUT2D eigenvalue weighted by Crippen LogP contribution is -2.37. The summed E-state index contributed by atoms with van der Waals surface area (Å²) in [7, 11) is 0. The number of carbonyl (C=O) groups is 1. The van der Waals surface area contributed by atoms with Gasteiger partial charge in [-0.05, 0) is 6.92 Å². The van der Waals surface area contributed by atoms with Crippen molar-refractivity contribution < 1.29 is 20.1 Å². The Morgan fingerprint density at radius 1 is 1.55 bits per heavy atom. The molecular weight excluding hydrogens is 150 g/mol. The normalized spacial score (nSPS) is 13.2. The van der Waals surface area contributed by atoms with Crippen LogP contribution >= 0.6 is 0 Å². The van der Waals surface area contributed by atoms with Gasteiger partial charge in [0.1, 0.15) is 0 Å². The first-order valence-electron chi connectivity index (χ1n) is 3.34. The van der Waals surface area contributed by atoms with E-state index in [0.29, 0.717) is 0 Å². The minimum Gasteiger partial charge on any atom is -0.395 e. The summed E-state index contributed by atoms with van der Waals surface area (Å²) in [6, 6.07) is 0. The average molecular weight is 163 g/mol. The van der Waals surface area contributed by atoms with Crippen molar-refractivity contribution in [3.05, 3.63) is 0 Å². The zero-order chi connectivity index (χ0) is 8.85. The maximum absolute atomic E-state index is 10.8. The molecule has 0 spiro atoms. The van der Waals surface area contributed by atoms with Gasteiger partial charge in [-0.3, -0.25) is 4.79 Å². The Morgan fingerprint density at radius 3 is 2.45 bits per heavy atom. The average Bonchev–Trinajstić information content (AvgIpc) is 1.98. The highest BCUT2D eigenvalue weighted by Gasteiger charge is 2.18. The Balaban J connectivity index is 3.64. The van der Waals surface area contributed by atoms with Crippen LogP contribution in [-0.4, -0.2) is 40.7 Å². The third-order valence-electron chi connectivity index (χ3n) is 1.27. The minimum absolute atomic E-state index is 0.135. The van der Waals surface area contributed by atoms with Gasteiger partial charge in [-0.1, -0.05) is 0 Å². The lowest BCUT2D eigenvalue weighted by atomic mass is 10.1. The zero-order valence-electron chi connectivity index (χ0n) is 6.32. The van der Waals surface area contributed by atoms with E-state index in [9.17, 15) is 4.79 Å². The van der Waals surface area contributed by atoms with Gasteiger partial charge in [-0.25, -0.2) is 0 Å². The van der Waals surface area contributed by atoms with Crippen LogP contribution in [0.5, 0.6) is 0 Å². The third-order valence-corrected chi connectivity index (χ3v) is 1.27. The summed E-state index contributed by atoms with van der Waals surface area (Å²) in [5.41, 5.74) is 0. The van der Waals surface area contributed by atoms with Gasteiger partial charge in [0.25, 0.3) is 0 Å². The molecule has 11 heavy (non-hydrogen) atoms. The van der Waals surface area contributed by atoms with Crippen LogP contribution in [0.4, 0.5) is 0 Å². The molecule has 0 saturated heterocycles. The van der Waals surface area contributed by atoms with Crippen molar-refractivity contribution in [1.82, 2.24) is 5.32 Å². The molecule has 1 unspecified atom stereocenters. The van der Waals surface area contributed by atoms with Crippen LogP contribution in [0.3, 0.4) is 0 Å². The second kappa shape index (κ2) is 5.06. The highest BCUT2D eigenvalue weighted by Crippen LogP contribution is 1.98. The summed E-state index contributed by atoms with van der Waals surface area (Å²) >= 11 is 0. The van der Waals surface area contributed by atoms with Gasteiger partial charge in [-0.15, -0.1) is 0 Å². The molecule has 0 aliphatic heterocycles. The molecule has 0 aromatic carbocycles. The second-order valence-corrected chi connectivity index (χ2v) is 2.22. The molecule has 0 heterocycles. The highest BCUT2D eigenvalue weighted by molar-refractivity contribution is 5.78. The summed E-state index contributed by atoms with van der Waals surface area (Å²) in [5, 5.41) is 27.6. The third kappa shape index (κ3) is 3.92. The molecule has 1 atom stereocenters. The van der Waals surface area contributed by atoms with E-state index in [1.54, 1.807) is 0 Å². The van der Waals surface area contributed by atoms with Crippen LogP contribution in [-0.2, 0) is 4.79 Å². The maximum atomic E-state index is 10.8. The number of hydrogen-bond acceptors (Lipinski definition) is 4. The van der Waals surface area contributed by atoms with Crippen LogP contribution in [0.25, 0.3) is 0 Å². The first kappa shape index (κ1) is 10.3. The Kier molecular flexibility index (Phi) is 4.76.